The molecule has 152 valence electrons. The van der Waals surface area contributed by atoms with E-state index in [2.05, 4.69) is 17.2 Å². The summed E-state index contributed by atoms with van der Waals surface area (Å²) in [4.78, 5) is 23.6. The molecular weight excluding hydrogens is 388 g/mol. The number of nitrogens with zero attached hydrogens (tertiary/aromatic N) is 1. The van der Waals surface area contributed by atoms with E-state index in [1.165, 1.54) is 35.5 Å². The van der Waals surface area contributed by atoms with Crippen LogP contribution in [-0.2, 0) is 10.0 Å². The summed E-state index contributed by atoms with van der Waals surface area (Å²) >= 11 is 0. The Kier molecular flexibility index (Phi) is 7.71. The number of rotatable bonds is 7. The number of hydrogen-bond acceptors (Lipinski definition) is 4. The molecule has 1 N–H and O–H groups in total. The smallest absolute Gasteiger partial charge is 0.252 e. The number of carbonyl (C=O) groups is 2. The third kappa shape index (κ3) is 5.76. The number of nitrogens with one attached hydrogen (secondary N) is 1. The molecule has 7 heteroatoms. The molecule has 0 aliphatic heterocycles. The minimum atomic E-state index is -3.55. The molecule has 0 spiro atoms. The Hall–Kier alpha value is -2.95. The molecule has 0 aliphatic rings. The predicted octanol–water partition coefficient (Wildman–Crippen LogP) is 2.70. The van der Waals surface area contributed by atoms with Crippen molar-refractivity contribution in [1.82, 2.24) is 9.62 Å². The maximum atomic E-state index is 12.5. The molecule has 0 aliphatic carbocycles. The van der Waals surface area contributed by atoms with Crippen LogP contribution in [0.25, 0.3) is 0 Å². The lowest BCUT2D eigenvalue weighted by Gasteiger charge is -2.18. The van der Waals surface area contributed by atoms with Crippen LogP contribution >= 0.6 is 0 Å². The largest absolute Gasteiger partial charge is 0.341 e. The van der Waals surface area contributed by atoms with Crippen LogP contribution in [-0.4, -0.2) is 44.0 Å². The van der Waals surface area contributed by atoms with Crippen LogP contribution in [0.1, 0.15) is 47.1 Å². The van der Waals surface area contributed by atoms with Crippen LogP contribution in [0.15, 0.2) is 53.4 Å². The molecule has 29 heavy (non-hydrogen) atoms. The first kappa shape index (κ1) is 22.3. The SMILES string of the molecule is CCN(CC)S(=O)(=O)c1ccc(C(=O)NCC#Cc2ccc(C(C)=O)cc2)cc1. The van der Waals surface area contributed by atoms with E-state index in [4.69, 9.17) is 0 Å². The number of benzene rings is 2. The summed E-state index contributed by atoms with van der Waals surface area (Å²) in [5.74, 6) is 5.42. The third-order valence-electron chi connectivity index (χ3n) is 4.32. The number of ketones is 1. The van der Waals surface area contributed by atoms with Crippen LogP contribution < -0.4 is 5.32 Å². The molecular formula is C22H24N2O4S. The third-order valence-corrected chi connectivity index (χ3v) is 6.39. The van der Waals surface area contributed by atoms with E-state index in [1.54, 1.807) is 38.1 Å². The zero-order valence-electron chi connectivity index (χ0n) is 16.7. The normalized spacial score (nSPS) is 10.9. The molecule has 0 bridgehead atoms. The number of amides is 1. The van der Waals surface area contributed by atoms with Gasteiger partial charge in [-0.15, -0.1) is 0 Å². The lowest BCUT2D eigenvalue weighted by Crippen LogP contribution is -2.30. The summed E-state index contributed by atoms with van der Waals surface area (Å²) in [7, 11) is -3.55. The molecule has 2 rings (SSSR count). The molecule has 1 amide bonds. The van der Waals surface area contributed by atoms with Crippen molar-refractivity contribution in [3.8, 4) is 11.8 Å². The minimum absolute atomic E-state index is 0.00677. The molecule has 2 aromatic carbocycles. The van der Waals surface area contributed by atoms with Crippen molar-refractivity contribution in [3.05, 3.63) is 65.2 Å². The fourth-order valence-corrected chi connectivity index (χ4v) is 4.11. The van der Waals surface area contributed by atoms with Gasteiger partial charge in [-0.05, 0) is 43.3 Å². The first-order valence-electron chi connectivity index (χ1n) is 9.27. The van der Waals surface area contributed by atoms with E-state index >= 15 is 0 Å². The fourth-order valence-electron chi connectivity index (χ4n) is 2.65. The van der Waals surface area contributed by atoms with Crippen LogP contribution in [0.3, 0.4) is 0 Å². The topological polar surface area (TPSA) is 83.6 Å². The van der Waals surface area contributed by atoms with Crippen molar-refractivity contribution in [2.75, 3.05) is 19.6 Å². The monoisotopic (exact) mass is 412 g/mol. The van der Waals surface area contributed by atoms with E-state index in [-0.39, 0.29) is 23.1 Å². The Morgan fingerprint density at radius 1 is 0.931 bits per heavy atom. The number of hydrogen-bond donors (Lipinski definition) is 1. The van der Waals surface area contributed by atoms with Gasteiger partial charge >= 0.3 is 0 Å². The maximum absolute atomic E-state index is 12.5. The molecule has 0 aromatic heterocycles. The van der Waals surface area contributed by atoms with E-state index in [9.17, 15) is 18.0 Å². The second-order valence-corrected chi connectivity index (χ2v) is 8.17. The standard InChI is InChI=1S/C22H24N2O4S/c1-4-24(5-2)29(27,28)21-14-12-20(13-15-21)22(26)23-16-6-7-18-8-10-19(11-9-18)17(3)25/h8-15H,4-5,16H2,1-3H3,(H,23,26). The minimum Gasteiger partial charge on any atom is -0.341 e. The summed E-state index contributed by atoms with van der Waals surface area (Å²) in [5, 5.41) is 2.68. The molecule has 0 saturated heterocycles. The van der Waals surface area contributed by atoms with Crippen molar-refractivity contribution in [3.63, 3.8) is 0 Å². The Balaban J connectivity index is 1.97. The van der Waals surface area contributed by atoms with Crippen LogP contribution in [0.5, 0.6) is 0 Å². The first-order chi connectivity index (χ1) is 13.8. The van der Waals surface area contributed by atoms with E-state index in [1.807, 2.05) is 0 Å². The van der Waals surface area contributed by atoms with E-state index in [0.717, 1.165) is 5.56 Å². The van der Waals surface area contributed by atoms with Crippen molar-refractivity contribution in [1.29, 1.82) is 0 Å². The predicted molar refractivity (Wildman–Crippen MR) is 112 cm³/mol. The highest BCUT2D eigenvalue weighted by Gasteiger charge is 2.21. The summed E-state index contributed by atoms with van der Waals surface area (Å²) in [6.07, 6.45) is 0. The highest BCUT2D eigenvalue weighted by atomic mass is 32.2. The summed E-state index contributed by atoms with van der Waals surface area (Å²) in [6.45, 7) is 5.98. The molecule has 0 heterocycles. The van der Waals surface area contributed by atoms with Gasteiger partial charge in [-0.3, -0.25) is 9.59 Å². The second-order valence-electron chi connectivity index (χ2n) is 6.23. The van der Waals surface area contributed by atoms with Gasteiger partial charge in [-0.1, -0.05) is 37.8 Å². The van der Waals surface area contributed by atoms with E-state index < -0.39 is 10.0 Å². The average Bonchev–Trinajstić information content (AvgIpc) is 2.72. The molecule has 0 saturated carbocycles. The Morgan fingerprint density at radius 2 is 1.48 bits per heavy atom. The van der Waals surface area contributed by atoms with Crippen LogP contribution in [0.2, 0.25) is 0 Å². The summed E-state index contributed by atoms with van der Waals surface area (Å²) in [5.41, 5.74) is 1.72. The van der Waals surface area contributed by atoms with Crippen LogP contribution in [0, 0.1) is 11.8 Å². The number of sulfonamides is 1. The van der Waals surface area contributed by atoms with Crippen LogP contribution in [0.4, 0.5) is 0 Å². The maximum Gasteiger partial charge on any atom is 0.252 e. The molecule has 0 unspecified atom stereocenters. The van der Waals surface area contributed by atoms with E-state index in [0.29, 0.717) is 24.2 Å². The van der Waals surface area contributed by atoms with Gasteiger partial charge < -0.3 is 5.32 Å². The van der Waals surface area contributed by atoms with Gasteiger partial charge in [-0.25, -0.2) is 8.42 Å². The highest BCUT2D eigenvalue weighted by molar-refractivity contribution is 7.89. The molecule has 2 aromatic rings. The lowest BCUT2D eigenvalue weighted by atomic mass is 10.1. The summed E-state index contributed by atoms with van der Waals surface area (Å²) < 4.78 is 26.3. The van der Waals surface area contributed by atoms with Crippen molar-refractivity contribution < 1.29 is 18.0 Å². The fraction of sp³-hybridized carbons (Fsp3) is 0.273. The zero-order valence-corrected chi connectivity index (χ0v) is 17.5. The van der Waals surface area contributed by atoms with Gasteiger partial charge in [0.2, 0.25) is 10.0 Å². The van der Waals surface area contributed by atoms with Gasteiger partial charge in [0.15, 0.2) is 5.78 Å². The Bertz CT molecular complexity index is 1030. The van der Waals surface area contributed by atoms with Gasteiger partial charge in [0.05, 0.1) is 11.4 Å². The van der Waals surface area contributed by atoms with Crippen molar-refractivity contribution >= 4 is 21.7 Å². The van der Waals surface area contributed by atoms with Gasteiger partial charge in [0, 0.05) is 29.8 Å². The van der Waals surface area contributed by atoms with Gasteiger partial charge in [-0.2, -0.15) is 4.31 Å². The average molecular weight is 413 g/mol. The molecule has 0 atom stereocenters. The first-order valence-corrected chi connectivity index (χ1v) is 10.7. The highest BCUT2D eigenvalue weighted by Crippen LogP contribution is 2.16. The van der Waals surface area contributed by atoms with Gasteiger partial charge in [0.25, 0.3) is 5.91 Å². The van der Waals surface area contributed by atoms with Crippen molar-refractivity contribution in [2.24, 2.45) is 0 Å². The number of Topliss-reactive ketones (excluding diaryl/α,β-unsaturated/α-hetero) is 1. The van der Waals surface area contributed by atoms with Crippen molar-refractivity contribution in [2.45, 2.75) is 25.7 Å². The lowest BCUT2D eigenvalue weighted by molar-refractivity contribution is 0.0957. The Labute approximate surface area is 172 Å². The molecule has 0 radical (unpaired) electrons. The summed E-state index contributed by atoms with van der Waals surface area (Å²) in [6, 6.07) is 12.8. The zero-order chi connectivity index (χ0) is 21.4. The quantitative estimate of drug-likeness (QED) is 0.560. The van der Waals surface area contributed by atoms with Gasteiger partial charge in [0.1, 0.15) is 0 Å². The second kappa shape index (κ2) is 10.0. The molecule has 0 fully saturated rings. The Morgan fingerprint density at radius 3 is 2.00 bits per heavy atom. The molecule has 6 nitrogen and oxygen atoms in total. The number of carbonyl (C=O) groups excluding carboxylic acids is 2.